The van der Waals surface area contributed by atoms with Gasteiger partial charge in [0.2, 0.25) is 5.91 Å². The molecule has 0 bridgehead atoms. The molecular formula is C12H24N2O. The van der Waals surface area contributed by atoms with Gasteiger partial charge in [0.05, 0.1) is 0 Å². The third kappa shape index (κ3) is 5.17. The maximum Gasteiger partial charge on any atom is 0.220 e. The summed E-state index contributed by atoms with van der Waals surface area (Å²) in [6, 6.07) is 0. The molecule has 1 aliphatic rings. The Morgan fingerprint density at radius 3 is 2.73 bits per heavy atom. The summed E-state index contributed by atoms with van der Waals surface area (Å²) in [7, 11) is 0. The Kier molecular flexibility index (Phi) is 5.69. The minimum absolute atomic E-state index is 0.228. The Morgan fingerprint density at radius 2 is 2.13 bits per heavy atom. The lowest BCUT2D eigenvalue weighted by atomic mass is 10.0. The summed E-state index contributed by atoms with van der Waals surface area (Å²) >= 11 is 0. The van der Waals surface area contributed by atoms with Gasteiger partial charge in [-0.05, 0) is 37.6 Å². The van der Waals surface area contributed by atoms with Crippen LogP contribution in [0, 0.1) is 11.8 Å². The van der Waals surface area contributed by atoms with Crippen molar-refractivity contribution >= 4 is 5.91 Å². The largest absolute Gasteiger partial charge is 0.356 e. The Bertz CT molecular complexity index is 188. The predicted molar refractivity (Wildman–Crippen MR) is 62.4 cm³/mol. The molecule has 0 aromatic carbocycles. The number of carbonyl (C=O) groups is 1. The molecular weight excluding hydrogens is 188 g/mol. The molecule has 0 radical (unpaired) electrons. The minimum atomic E-state index is 0.228. The molecule has 0 spiro atoms. The Hall–Kier alpha value is -0.570. The predicted octanol–water partition coefficient (Wildman–Crippen LogP) is 1.67. The van der Waals surface area contributed by atoms with Crippen LogP contribution in [0.25, 0.3) is 0 Å². The quantitative estimate of drug-likeness (QED) is 0.703. The van der Waals surface area contributed by atoms with Gasteiger partial charge in [0.1, 0.15) is 0 Å². The van der Waals surface area contributed by atoms with E-state index in [0.29, 0.717) is 18.4 Å². The molecule has 1 amide bonds. The first kappa shape index (κ1) is 12.5. The second-order valence-corrected chi connectivity index (χ2v) is 4.84. The minimum Gasteiger partial charge on any atom is -0.356 e. The molecule has 0 aliphatic heterocycles. The van der Waals surface area contributed by atoms with Gasteiger partial charge in [0.15, 0.2) is 0 Å². The highest BCUT2D eigenvalue weighted by Crippen LogP contribution is 2.27. The van der Waals surface area contributed by atoms with Crippen molar-refractivity contribution in [2.75, 3.05) is 13.1 Å². The van der Waals surface area contributed by atoms with Crippen molar-refractivity contribution in [2.24, 2.45) is 17.6 Å². The summed E-state index contributed by atoms with van der Waals surface area (Å²) < 4.78 is 0. The molecule has 1 atom stereocenters. The van der Waals surface area contributed by atoms with Crippen LogP contribution in [0.2, 0.25) is 0 Å². The highest BCUT2D eigenvalue weighted by atomic mass is 16.1. The molecule has 1 unspecified atom stereocenters. The Morgan fingerprint density at radius 1 is 1.47 bits per heavy atom. The number of nitrogens with one attached hydrogen (secondary N) is 1. The number of carbonyl (C=O) groups excluding carboxylic acids is 1. The maximum atomic E-state index is 11.6. The van der Waals surface area contributed by atoms with E-state index in [9.17, 15) is 4.79 Å². The van der Waals surface area contributed by atoms with E-state index < -0.39 is 0 Å². The smallest absolute Gasteiger partial charge is 0.220 e. The van der Waals surface area contributed by atoms with Crippen LogP contribution in [-0.4, -0.2) is 19.0 Å². The van der Waals surface area contributed by atoms with Crippen molar-refractivity contribution in [3.63, 3.8) is 0 Å². The van der Waals surface area contributed by atoms with E-state index in [1.54, 1.807) is 0 Å². The third-order valence-corrected chi connectivity index (χ3v) is 3.26. The highest BCUT2D eigenvalue weighted by molar-refractivity contribution is 5.76. The van der Waals surface area contributed by atoms with Gasteiger partial charge < -0.3 is 11.1 Å². The topological polar surface area (TPSA) is 55.1 Å². The average molecular weight is 212 g/mol. The summed E-state index contributed by atoms with van der Waals surface area (Å²) in [5.74, 6) is 1.38. The molecule has 1 aliphatic carbocycles. The Balaban J connectivity index is 2.07. The molecule has 0 aromatic rings. The summed E-state index contributed by atoms with van der Waals surface area (Å²) in [4.78, 5) is 11.6. The van der Waals surface area contributed by atoms with Crippen molar-refractivity contribution in [3.05, 3.63) is 0 Å². The van der Waals surface area contributed by atoms with Crippen LogP contribution in [0.1, 0.15) is 45.4 Å². The van der Waals surface area contributed by atoms with Gasteiger partial charge in [-0.2, -0.15) is 0 Å². The molecule has 0 saturated heterocycles. The number of nitrogens with two attached hydrogens (primary N) is 1. The monoisotopic (exact) mass is 212 g/mol. The zero-order valence-electron chi connectivity index (χ0n) is 9.80. The molecule has 1 saturated carbocycles. The van der Waals surface area contributed by atoms with Gasteiger partial charge >= 0.3 is 0 Å². The molecule has 3 heteroatoms. The number of hydrogen-bond donors (Lipinski definition) is 2. The van der Waals surface area contributed by atoms with Crippen molar-refractivity contribution in [3.8, 4) is 0 Å². The van der Waals surface area contributed by atoms with Gasteiger partial charge in [0.25, 0.3) is 0 Å². The van der Waals surface area contributed by atoms with Crippen LogP contribution >= 0.6 is 0 Å². The summed E-state index contributed by atoms with van der Waals surface area (Å²) in [6.07, 6.45) is 6.82. The lowest BCUT2D eigenvalue weighted by Crippen LogP contribution is -2.30. The van der Waals surface area contributed by atoms with Crippen LogP contribution < -0.4 is 11.1 Å². The summed E-state index contributed by atoms with van der Waals surface area (Å²) in [6.45, 7) is 3.62. The van der Waals surface area contributed by atoms with Crippen LogP contribution in [0.15, 0.2) is 0 Å². The van der Waals surface area contributed by atoms with Crippen molar-refractivity contribution in [1.82, 2.24) is 5.32 Å². The molecule has 0 heterocycles. The normalized spacial score (nSPS) is 19.1. The lowest BCUT2D eigenvalue weighted by Gasteiger charge is -2.13. The lowest BCUT2D eigenvalue weighted by molar-refractivity contribution is -0.122. The van der Waals surface area contributed by atoms with E-state index in [4.69, 9.17) is 5.73 Å². The van der Waals surface area contributed by atoms with E-state index in [1.165, 1.54) is 25.7 Å². The standard InChI is InChI=1S/C12H24N2O/c1-10(6-7-13)9-14-12(15)8-11-4-2-3-5-11/h10-11H,2-9,13H2,1H3,(H,14,15). The van der Waals surface area contributed by atoms with Crippen LogP contribution in [0.5, 0.6) is 0 Å². The zero-order chi connectivity index (χ0) is 11.1. The average Bonchev–Trinajstić information content (AvgIpc) is 2.68. The van der Waals surface area contributed by atoms with Gasteiger partial charge in [-0.15, -0.1) is 0 Å². The molecule has 1 rings (SSSR count). The van der Waals surface area contributed by atoms with Crippen molar-refractivity contribution in [1.29, 1.82) is 0 Å². The molecule has 0 aromatic heterocycles. The van der Waals surface area contributed by atoms with Gasteiger partial charge in [-0.3, -0.25) is 4.79 Å². The van der Waals surface area contributed by atoms with Crippen LogP contribution in [0.4, 0.5) is 0 Å². The zero-order valence-corrected chi connectivity index (χ0v) is 9.80. The molecule has 88 valence electrons. The highest BCUT2D eigenvalue weighted by Gasteiger charge is 2.18. The van der Waals surface area contributed by atoms with Crippen molar-refractivity contribution < 1.29 is 4.79 Å². The van der Waals surface area contributed by atoms with Crippen molar-refractivity contribution in [2.45, 2.75) is 45.4 Å². The maximum absolute atomic E-state index is 11.6. The fraction of sp³-hybridized carbons (Fsp3) is 0.917. The molecule has 1 fully saturated rings. The number of hydrogen-bond acceptors (Lipinski definition) is 2. The van der Waals surface area contributed by atoms with E-state index >= 15 is 0 Å². The first-order valence-corrected chi connectivity index (χ1v) is 6.19. The van der Waals surface area contributed by atoms with E-state index in [-0.39, 0.29) is 5.91 Å². The van der Waals surface area contributed by atoms with E-state index in [2.05, 4.69) is 12.2 Å². The summed E-state index contributed by atoms with van der Waals surface area (Å²) in [5.41, 5.74) is 5.46. The second-order valence-electron chi connectivity index (χ2n) is 4.84. The Labute approximate surface area is 92.8 Å². The number of rotatable bonds is 6. The SMILES string of the molecule is CC(CCN)CNC(=O)CC1CCCC1. The van der Waals surface area contributed by atoms with Gasteiger partial charge in [0, 0.05) is 13.0 Å². The first-order valence-electron chi connectivity index (χ1n) is 6.19. The third-order valence-electron chi connectivity index (χ3n) is 3.26. The second kappa shape index (κ2) is 6.83. The molecule has 3 nitrogen and oxygen atoms in total. The molecule has 3 N–H and O–H groups in total. The molecule has 15 heavy (non-hydrogen) atoms. The fourth-order valence-corrected chi connectivity index (χ4v) is 2.22. The fourth-order valence-electron chi connectivity index (χ4n) is 2.22. The van der Waals surface area contributed by atoms with Crippen LogP contribution in [-0.2, 0) is 4.79 Å². The first-order chi connectivity index (χ1) is 7.22. The summed E-state index contributed by atoms with van der Waals surface area (Å²) in [5, 5.41) is 3.00. The van der Waals surface area contributed by atoms with Gasteiger partial charge in [-0.1, -0.05) is 19.8 Å². The van der Waals surface area contributed by atoms with E-state index in [0.717, 1.165) is 19.4 Å². The van der Waals surface area contributed by atoms with E-state index in [1.807, 2.05) is 0 Å². The van der Waals surface area contributed by atoms with Gasteiger partial charge in [-0.25, -0.2) is 0 Å². The number of amides is 1. The van der Waals surface area contributed by atoms with Crippen LogP contribution in [0.3, 0.4) is 0 Å².